The number of carbonyl (C=O) groups excluding carboxylic acids is 1. The van der Waals surface area contributed by atoms with Crippen molar-refractivity contribution in [2.45, 2.75) is 65.1 Å². The van der Waals surface area contributed by atoms with Crippen LogP contribution in [0.5, 0.6) is 0 Å². The number of hydrogen-bond acceptors (Lipinski definition) is 3. The van der Waals surface area contributed by atoms with E-state index in [4.69, 9.17) is 9.47 Å². The lowest BCUT2D eigenvalue weighted by atomic mass is 9.88. The van der Waals surface area contributed by atoms with Gasteiger partial charge in [-0.25, -0.2) is 4.79 Å². The minimum atomic E-state index is -0.477. The van der Waals surface area contributed by atoms with Crippen molar-refractivity contribution in [1.29, 1.82) is 0 Å². The Kier molecular flexibility index (Phi) is 4.92. The molecule has 4 nitrogen and oxygen atoms in total. The van der Waals surface area contributed by atoms with E-state index in [1.165, 1.54) is 22.3 Å². The van der Waals surface area contributed by atoms with Crippen LogP contribution < -0.4 is 0 Å². The molecule has 2 atom stereocenters. The van der Waals surface area contributed by atoms with Gasteiger partial charge in [-0.05, 0) is 64.2 Å². The molecule has 136 valence electrons. The number of amides is 1. The molecule has 25 heavy (non-hydrogen) atoms. The highest BCUT2D eigenvalue weighted by atomic mass is 16.6. The summed E-state index contributed by atoms with van der Waals surface area (Å²) in [4.78, 5) is 14.5. The maximum atomic E-state index is 12.6. The van der Waals surface area contributed by atoms with E-state index in [-0.39, 0.29) is 18.2 Å². The van der Waals surface area contributed by atoms with Crippen molar-refractivity contribution >= 4 is 6.09 Å². The van der Waals surface area contributed by atoms with E-state index in [1.807, 2.05) is 25.7 Å². The SMILES string of the molecule is Cc1cccc(CC2=CC3COCC(C2)N3C(=O)OC(C)(C)C)c1C. The summed E-state index contributed by atoms with van der Waals surface area (Å²) in [5, 5.41) is 0. The molecule has 0 aromatic heterocycles. The molecular formula is C21H29NO3. The van der Waals surface area contributed by atoms with Crippen LogP contribution in [0.3, 0.4) is 0 Å². The number of morpholine rings is 1. The Balaban J connectivity index is 1.79. The lowest BCUT2D eigenvalue weighted by Crippen LogP contribution is -2.57. The summed E-state index contributed by atoms with van der Waals surface area (Å²) < 4.78 is 11.3. The highest BCUT2D eigenvalue weighted by Gasteiger charge is 2.39. The normalized spacial score (nSPS) is 23.2. The predicted octanol–water partition coefficient (Wildman–Crippen LogP) is 4.18. The van der Waals surface area contributed by atoms with Crippen molar-refractivity contribution in [3.63, 3.8) is 0 Å². The monoisotopic (exact) mass is 343 g/mol. The molecule has 1 amide bonds. The number of benzene rings is 1. The fraction of sp³-hybridized carbons (Fsp3) is 0.571. The minimum Gasteiger partial charge on any atom is -0.444 e. The Hall–Kier alpha value is -1.81. The van der Waals surface area contributed by atoms with Gasteiger partial charge in [0.15, 0.2) is 0 Å². The Morgan fingerprint density at radius 1 is 1.28 bits per heavy atom. The van der Waals surface area contributed by atoms with Gasteiger partial charge in [-0.15, -0.1) is 0 Å². The van der Waals surface area contributed by atoms with Crippen LogP contribution in [0.25, 0.3) is 0 Å². The number of carbonyl (C=O) groups is 1. The van der Waals surface area contributed by atoms with Crippen LogP contribution in [-0.2, 0) is 15.9 Å². The van der Waals surface area contributed by atoms with Crippen LogP contribution in [-0.4, -0.2) is 41.9 Å². The zero-order chi connectivity index (χ0) is 18.2. The van der Waals surface area contributed by atoms with E-state index in [0.29, 0.717) is 13.2 Å². The third-order valence-electron chi connectivity index (χ3n) is 5.01. The van der Waals surface area contributed by atoms with Gasteiger partial charge in [0.2, 0.25) is 0 Å². The number of aryl methyl sites for hydroxylation is 1. The molecular weight excluding hydrogens is 314 g/mol. The lowest BCUT2D eigenvalue weighted by Gasteiger charge is -2.44. The van der Waals surface area contributed by atoms with Gasteiger partial charge < -0.3 is 9.47 Å². The van der Waals surface area contributed by atoms with Gasteiger partial charge in [-0.1, -0.05) is 29.8 Å². The van der Waals surface area contributed by atoms with E-state index >= 15 is 0 Å². The summed E-state index contributed by atoms with van der Waals surface area (Å²) in [5.41, 5.74) is 4.98. The molecule has 2 aliphatic rings. The van der Waals surface area contributed by atoms with Gasteiger partial charge in [-0.2, -0.15) is 0 Å². The molecule has 0 radical (unpaired) electrons. The van der Waals surface area contributed by atoms with Crippen LogP contribution in [0, 0.1) is 13.8 Å². The minimum absolute atomic E-state index is 0.0255. The molecule has 1 saturated heterocycles. The molecule has 1 aromatic carbocycles. The average Bonchev–Trinajstić information content (AvgIpc) is 2.49. The molecule has 0 spiro atoms. The van der Waals surface area contributed by atoms with Gasteiger partial charge in [0.1, 0.15) is 5.60 Å². The van der Waals surface area contributed by atoms with E-state index < -0.39 is 5.60 Å². The van der Waals surface area contributed by atoms with Crippen LogP contribution in [0.15, 0.2) is 29.8 Å². The molecule has 0 saturated carbocycles. The number of hydrogen-bond donors (Lipinski definition) is 0. The first-order valence-corrected chi connectivity index (χ1v) is 9.08. The maximum absolute atomic E-state index is 12.6. The molecule has 1 fully saturated rings. The molecule has 2 aliphatic heterocycles. The van der Waals surface area contributed by atoms with Crippen molar-refractivity contribution in [2.75, 3.05) is 13.2 Å². The van der Waals surface area contributed by atoms with Crippen LogP contribution in [0.4, 0.5) is 4.79 Å². The van der Waals surface area contributed by atoms with Crippen molar-refractivity contribution < 1.29 is 14.3 Å². The standard InChI is InChI=1S/C21H29NO3/c1-14-7-6-8-17(15(14)2)9-16-10-18-12-24-13-19(11-16)22(18)20(23)25-21(3,4)5/h6-8,10,18-19H,9,11-13H2,1-5H3. The summed E-state index contributed by atoms with van der Waals surface area (Å²) >= 11 is 0. The van der Waals surface area contributed by atoms with E-state index in [9.17, 15) is 4.79 Å². The highest BCUT2D eigenvalue weighted by Crippen LogP contribution is 2.31. The molecule has 1 aromatic rings. The Morgan fingerprint density at radius 3 is 2.72 bits per heavy atom. The summed E-state index contributed by atoms with van der Waals surface area (Å²) in [6.45, 7) is 11.2. The van der Waals surface area contributed by atoms with Crippen LogP contribution in [0.2, 0.25) is 0 Å². The quantitative estimate of drug-likeness (QED) is 0.756. The third kappa shape index (κ3) is 4.06. The first-order chi connectivity index (χ1) is 11.7. The average molecular weight is 343 g/mol. The molecule has 2 unspecified atom stereocenters. The molecule has 4 heteroatoms. The third-order valence-corrected chi connectivity index (χ3v) is 5.01. The van der Waals surface area contributed by atoms with E-state index in [2.05, 4.69) is 38.1 Å². The summed E-state index contributed by atoms with van der Waals surface area (Å²) in [6.07, 6.45) is 3.78. The van der Waals surface area contributed by atoms with E-state index in [0.717, 1.165) is 12.8 Å². The topological polar surface area (TPSA) is 38.8 Å². The first-order valence-electron chi connectivity index (χ1n) is 9.08. The fourth-order valence-corrected chi connectivity index (χ4v) is 3.66. The van der Waals surface area contributed by atoms with E-state index in [1.54, 1.807) is 0 Å². The fourth-order valence-electron chi connectivity index (χ4n) is 3.66. The second-order valence-electron chi connectivity index (χ2n) is 8.21. The predicted molar refractivity (Wildman–Crippen MR) is 98.8 cm³/mol. The van der Waals surface area contributed by atoms with Gasteiger partial charge in [0.25, 0.3) is 0 Å². The second kappa shape index (κ2) is 6.83. The summed E-state index contributed by atoms with van der Waals surface area (Å²) in [5.74, 6) is 0. The van der Waals surface area contributed by atoms with Crippen molar-refractivity contribution in [2.24, 2.45) is 0 Å². The summed E-state index contributed by atoms with van der Waals surface area (Å²) in [6, 6.07) is 6.52. The number of rotatable bonds is 2. The van der Waals surface area contributed by atoms with Gasteiger partial charge >= 0.3 is 6.09 Å². The van der Waals surface area contributed by atoms with Gasteiger partial charge in [-0.3, -0.25) is 4.90 Å². The van der Waals surface area contributed by atoms with Crippen molar-refractivity contribution in [3.8, 4) is 0 Å². The van der Waals surface area contributed by atoms with Crippen LogP contribution >= 0.6 is 0 Å². The zero-order valence-electron chi connectivity index (χ0n) is 16.0. The Morgan fingerprint density at radius 2 is 2.04 bits per heavy atom. The van der Waals surface area contributed by atoms with Crippen molar-refractivity contribution in [3.05, 3.63) is 46.5 Å². The van der Waals surface area contributed by atoms with Crippen molar-refractivity contribution in [1.82, 2.24) is 4.90 Å². The Labute approximate surface area is 150 Å². The maximum Gasteiger partial charge on any atom is 0.411 e. The molecule has 3 rings (SSSR count). The molecule has 0 aliphatic carbocycles. The largest absolute Gasteiger partial charge is 0.444 e. The molecule has 2 heterocycles. The van der Waals surface area contributed by atoms with Gasteiger partial charge in [0.05, 0.1) is 25.3 Å². The Bertz CT molecular complexity index is 687. The zero-order valence-corrected chi connectivity index (χ0v) is 16.0. The number of ether oxygens (including phenoxy) is 2. The molecule has 0 N–H and O–H groups in total. The summed E-state index contributed by atoms with van der Waals surface area (Å²) in [7, 11) is 0. The smallest absolute Gasteiger partial charge is 0.411 e. The van der Waals surface area contributed by atoms with Crippen LogP contribution in [0.1, 0.15) is 43.9 Å². The number of nitrogens with zero attached hydrogens (tertiary/aromatic N) is 1. The molecule has 2 bridgehead atoms. The highest BCUT2D eigenvalue weighted by molar-refractivity contribution is 5.70. The lowest BCUT2D eigenvalue weighted by molar-refractivity contribution is -0.0536. The second-order valence-corrected chi connectivity index (χ2v) is 8.21. The van der Waals surface area contributed by atoms with Gasteiger partial charge in [0, 0.05) is 0 Å². The number of fused-ring (bicyclic) bond motifs is 2. The first kappa shape index (κ1) is 18.0.